The second kappa shape index (κ2) is 12.9. The number of aromatic hydroxyl groups is 2. The molecule has 3 amide bonds. The Labute approximate surface area is 297 Å². The van der Waals surface area contributed by atoms with Gasteiger partial charge < -0.3 is 45.7 Å². The van der Waals surface area contributed by atoms with Crippen molar-refractivity contribution in [1.29, 1.82) is 0 Å². The van der Waals surface area contributed by atoms with Crippen LogP contribution in [0.15, 0.2) is 33.9 Å². The number of thiazole rings is 1. The molecule has 0 saturated carbocycles. The molecule has 3 saturated heterocycles. The molecule has 5 heterocycles. The Bertz CT molecular complexity index is 1880. The van der Waals surface area contributed by atoms with E-state index in [1.807, 2.05) is 0 Å². The highest BCUT2D eigenvalue weighted by Crippen LogP contribution is 2.43. The van der Waals surface area contributed by atoms with Gasteiger partial charge in [0.05, 0.1) is 42.8 Å². The van der Waals surface area contributed by atoms with Crippen LogP contribution in [-0.4, -0.2) is 137 Å². The highest BCUT2D eigenvalue weighted by Gasteiger charge is 2.56. The van der Waals surface area contributed by atoms with Gasteiger partial charge in [-0.25, -0.2) is 14.6 Å². The molecule has 0 spiro atoms. The third-order valence-electron chi connectivity index (χ3n) is 9.30. The molecular formula is C30H33ClN7O10S2+. The summed E-state index contributed by atoms with van der Waals surface area (Å²) in [6.07, 6.45) is 0.650. The zero-order valence-electron chi connectivity index (χ0n) is 26.7. The third kappa shape index (κ3) is 6.18. The lowest BCUT2D eigenvalue weighted by molar-refractivity contribution is -0.916. The molecule has 0 radical (unpaired) electrons. The van der Waals surface area contributed by atoms with E-state index >= 15 is 0 Å². The molecule has 6 rings (SSSR count). The van der Waals surface area contributed by atoms with Crippen LogP contribution in [-0.2, 0) is 24.0 Å². The van der Waals surface area contributed by atoms with Crippen LogP contribution in [0.2, 0.25) is 5.02 Å². The number of carboxylic acid groups (broad SMARTS) is 2. The number of aromatic nitrogens is 1. The minimum absolute atomic E-state index is 0.00321. The van der Waals surface area contributed by atoms with Crippen LogP contribution < -0.4 is 11.1 Å². The standard InChI is InChI=1S/C30H32ClN7O10S2/c1-30(2,28(46)47)48-35-19(16-12-50-29(32)33-16)23(41)34-20-25(43)37-21(27(44)45)13(11-49-26(20)37)9-38-7-5-14(10-38)36(6-8-38)24(42)15-3-4-17(39)22(40)18(15)31/h3-4,12,14,20,26H,5-11H2,1-2H3,(H6-,32,33,34,35,39,40,41,42,44,45,46,47)/p+1/t14?,20-,26-,38?/m1/s1. The maximum atomic E-state index is 13.5. The van der Waals surface area contributed by atoms with Crippen molar-refractivity contribution >= 4 is 75.2 Å². The van der Waals surface area contributed by atoms with Gasteiger partial charge in [-0.15, -0.1) is 23.1 Å². The van der Waals surface area contributed by atoms with Crippen LogP contribution >= 0.6 is 34.7 Å². The van der Waals surface area contributed by atoms with E-state index in [0.717, 1.165) is 11.3 Å². The third-order valence-corrected chi connectivity index (χ3v) is 11.7. The number of hydrogen-bond donors (Lipinski definition) is 6. The van der Waals surface area contributed by atoms with E-state index < -0.39 is 58.0 Å². The monoisotopic (exact) mass is 750 g/mol. The Balaban J connectivity index is 1.16. The summed E-state index contributed by atoms with van der Waals surface area (Å²) in [5, 5.41) is 46.3. The zero-order chi connectivity index (χ0) is 36.3. The number of nitrogens with two attached hydrogens (primary N) is 1. The van der Waals surface area contributed by atoms with E-state index in [9.17, 15) is 44.4 Å². The van der Waals surface area contributed by atoms with E-state index in [4.69, 9.17) is 22.2 Å². The number of hydrogen-bond acceptors (Lipinski definition) is 13. The number of carboxylic acids is 2. The van der Waals surface area contributed by atoms with Crippen molar-refractivity contribution in [3.8, 4) is 11.5 Å². The second-order valence-corrected chi connectivity index (χ2v) is 15.3. The number of amides is 3. The van der Waals surface area contributed by atoms with Crippen molar-refractivity contribution in [2.45, 2.75) is 43.3 Å². The summed E-state index contributed by atoms with van der Waals surface area (Å²) < 4.78 is 0.520. The molecule has 0 aliphatic carbocycles. The lowest BCUT2D eigenvalue weighted by Gasteiger charge is -2.50. The average molecular weight is 751 g/mol. The molecule has 4 aliphatic heterocycles. The summed E-state index contributed by atoms with van der Waals surface area (Å²) in [5.74, 6) is -5.25. The van der Waals surface area contributed by atoms with Crippen LogP contribution in [0.1, 0.15) is 36.3 Å². The fourth-order valence-corrected chi connectivity index (χ4v) is 8.72. The molecule has 4 atom stereocenters. The number of quaternary nitrogens is 1. The lowest BCUT2D eigenvalue weighted by Crippen LogP contribution is -2.71. The number of rotatable bonds is 10. The molecule has 1 aromatic carbocycles. The van der Waals surface area contributed by atoms with E-state index in [-0.39, 0.29) is 44.8 Å². The first-order valence-electron chi connectivity index (χ1n) is 15.3. The van der Waals surface area contributed by atoms with Gasteiger partial charge in [0.2, 0.25) is 5.60 Å². The van der Waals surface area contributed by atoms with Crippen molar-refractivity contribution in [2.24, 2.45) is 5.16 Å². The predicted octanol–water partition coefficient (Wildman–Crippen LogP) is 0.858. The smallest absolute Gasteiger partial charge is 0.352 e. The quantitative estimate of drug-likeness (QED) is 0.0650. The molecule has 2 unspecified atom stereocenters. The summed E-state index contributed by atoms with van der Waals surface area (Å²) in [7, 11) is 0. The lowest BCUT2D eigenvalue weighted by atomic mass is 10.0. The molecule has 50 heavy (non-hydrogen) atoms. The maximum absolute atomic E-state index is 13.5. The first kappa shape index (κ1) is 35.2. The summed E-state index contributed by atoms with van der Waals surface area (Å²) in [6, 6.07) is 1.29. The summed E-state index contributed by atoms with van der Waals surface area (Å²) in [6.45, 7) is 4.91. The molecule has 1 aromatic heterocycles. The van der Waals surface area contributed by atoms with Crippen LogP contribution in [0.4, 0.5) is 5.13 Å². The summed E-state index contributed by atoms with van der Waals surface area (Å²) >= 11 is 8.47. The number of halogens is 1. The number of piperazine rings is 1. The van der Waals surface area contributed by atoms with Gasteiger partial charge in [0, 0.05) is 23.1 Å². The van der Waals surface area contributed by atoms with Crippen LogP contribution in [0, 0.1) is 0 Å². The van der Waals surface area contributed by atoms with Gasteiger partial charge in [0.1, 0.15) is 29.4 Å². The SMILES string of the molecule is CC(C)(O/N=C(\C(=O)N[C@@H]1C(=O)N2C(C(=O)O)=C(C[N+]34CCC(C3)N(C(=O)c3ccc(O)c(O)c3Cl)CC4)CS[C@H]12)c1csc(N)n1)C(=O)O. The number of anilines is 1. The van der Waals surface area contributed by atoms with E-state index in [2.05, 4.69) is 15.5 Å². The number of fused-ring (bicyclic) bond motifs is 3. The number of nitrogens with zero attached hydrogens (tertiary/aromatic N) is 5. The number of β-lactam (4-membered cyclic amide) rings is 1. The van der Waals surface area contributed by atoms with E-state index in [1.165, 1.54) is 48.0 Å². The Morgan fingerprint density at radius 2 is 1.96 bits per heavy atom. The van der Waals surface area contributed by atoms with Gasteiger partial charge in [-0.3, -0.25) is 19.3 Å². The minimum Gasteiger partial charge on any atom is -0.504 e. The van der Waals surface area contributed by atoms with Crippen LogP contribution in [0.25, 0.3) is 0 Å². The molecule has 7 N–H and O–H groups in total. The van der Waals surface area contributed by atoms with Crippen molar-refractivity contribution in [3.05, 3.63) is 45.1 Å². The number of thioether (sulfide) groups is 1. The fraction of sp³-hybridized carbons (Fsp3) is 0.433. The normalized spacial score (nSPS) is 24.8. The summed E-state index contributed by atoms with van der Waals surface area (Å²) in [5.41, 5.74) is 4.02. The first-order valence-corrected chi connectivity index (χ1v) is 17.6. The average Bonchev–Trinajstić information content (AvgIpc) is 3.64. The number of nitrogens with one attached hydrogen (secondary N) is 1. The second-order valence-electron chi connectivity index (χ2n) is 12.9. The molecule has 266 valence electrons. The number of carbonyl (C=O) groups excluding carboxylic acids is 3. The molecule has 3 fully saturated rings. The molecule has 20 heteroatoms. The van der Waals surface area contributed by atoms with Crippen molar-refractivity contribution in [1.82, 2.24) is 20.1 Å². The Morgan fingerprint density at radius 1 is 1.22 bits per heavy atom. The molecule has 2 aromatic rings. The molecule has 4 aliphatic rings. The van der Waals surface area contributed by atoms with E-state index in [0.29, 0.717) is 49.2 Å². The van der Waals surface area contributed by atoms with Crippen LogP contribution in [0.3, 0.4) is 0 Å². The van der Waals surface area contributed by atoms with Gasteiger partial charge >= 0.3 is 11.9 Å². The number of oxime groups is 1. The zero-order valence-corrected chi connectivity index (χ0v) is 29.0. The fourth-order valence-electron chi connectivity index (χ4n) is 6.60. The largest absolute Gasteiger partial charge is 0.504 e. The maximum Gasteiger partial charge on any atom is 0.352 e. The molecule has 2 bridgehead atoms. The number of aliphatic carboxylic acids is 2. The van der Waals surface area contributed by atoms with Crippen molar-refractivity contribution in [3.63, 3.8) is 0 Å². The molecular weight excluding hydrogens is 718 g/mol. The Kier molecular flexibility index (Phi) is 9.12. The number of phenolic OH excluding ortho intramolecular Hbond substituents is 2. The van der Waals surface area contributed by atoms with Gasteiger partial charge in [-0.05, 0) is 26.0 Å². The van der Waals surface area contributed by atoms with E-state index in [1.54, 1.807) is 4.90 Å². The topological polar surface area (TPSA) is 245 Å². The van der Waals surface area contributed by atoms with Gasteiger partial charge in [0.25, 0.3) is 17.7 Å². The number of benzene rings is 1. The van der Waals surface area contributed by atoms with Crippen molar-refractivity contribution < 1.29 is 53.7 Å². The Morgan fingerprint density at radius 3 is 2.62 bits per heavy atom. The molecule has 17 nitrogen and oxygen atoms in total. The van der Waals surface area contributed by atoms with Gasteiger partial charge in [-0.2, -0.15) is 0 Å². The highest BCUT2D eigenvalue weighted by atomic mass is 35.5. The van der Waals surface area contributed by atoms with Gasteiger partial charge in [0.15, 0.2) is 22.3 Å². The first-order chi connectivity index (χ1) is 23.5. The number of carbonyl (C=O) groups is 5. The van der Waals surface area contributed by atoms with Crippen LogP contribution in [0.5, 0.6) is 11.5 Å². The highest BCUT2D eigenvalue weighted by molar-refractivity contribution is 8.00. The predicted molar refractivity (Wildman–Crippen MR) is 179 cm³/mol. The minimum atomic E-state index is -1.79. The number of phenols is 2. The summed E-state index contributed by atoms with van der Waals surface area (Å²) in [4.78, 5) is 76.4. The Hall–Kier alpha value is -4.59. The number of nitrogen functional groups attached to an aromatic ring is 1. The van der Waals surface area contributed by atoms with Crippen molar-refractivity contribution in [2.75, 3.05) is 44.2 Å². The van der Waals surface area contributed by atoms with Gasteiger partial charge in [-0.1, -0.05) is 16.8 Å².